The minimum Gasteiger partial charge on any atom is -0.307 e. The Morgan fingerprint density at radius 3 is 3.00 bits per heavy atom. The van der Waals surface area contributed by atoms with Crippen molar-refractivity contribution in [1.82, 2.24) is 5.32 Å². The van der Waals surface area contributed by atoms with Crippen molar-refractivity contribution in [1.29, 1.82) is 0 Å². The largest absolute Gasteiger partial charge is 0.307 e. The summed E-state index contributed by atoms with van der Waals surface area (Å²) in [7, 11) is 0. The third-order valence-electron chi connectivity index (χ3n) is 1.29. The topological polar surface area (TPSA) is 38.0 Å². The zero-order chi connectivity index (χ0) is 6.69. The Morgan fingerprint density at radius 1 is 1.78 bits per heavy atom. The van der Waals surface area contributed by atoms with Crippen LogP contribution in [0.2, 0.25) is 0 Å². The van der Waals surface area contributed by atoms with Crippen molar-refractivity contribution >= 4 is 24.4 Å². The normalized spacial score (nSPS) is 30.7. The molecule has 0 radical (unpaired) electrons. The summed E-state index contributed by atoms with van der Waals surface area (Å²) < 4.78 is 0. The maximum atomic E-state index is 5.41. The molecule has 1 rings (SSSR count). The van der Waals surface area contributed by atoms with Crippen molar-refractivity contribution in [3.05, 3.63) is 0 Å². The fourth-order valence-electron chi connectivity index (χ4n) is 0.900. The van der Waals surface area contributed by atoms with E-state index in [-0.39, 0.29) is 5.50 Å². The molecule has 0 aromatic rings. The van der Waals surface area contributed by atoms with Crippen LogP contribution in [0, 0.1) is 0 Å². The van der Waals surface area contributed by atoms with E-state index in [2.05, 4.69) is 17.9 Å². The first-order chi connectivity index (χ1) is 4.29. The van der Waals surface area contributed by atoms with Gasteiger partial charge in [-0.25, -0.2) is 0 Å². The third-order valence-corrected chi connectivity index (χ3v) is 2.73. The van der Waals surface area contributed by atoms with Crippen LogP contribution in [0.25, 0.3) is 0 Å². The van der Waals surface area contributed by atoms with Crippen molar-refractivity contribution in [2.45, 2.75) is 23.7 Å². The van der Waals surface area contributed by atoms with Gasteiger partial charge in [-0.15, -0.1) is 24.4 Å². The molecule has 1 heterocycles. The van der Waals surface area contributed by atoms with Crippen molar-refractivity contribution < 1.29 is 0 Å². The first kappa shape index (κ1) is 7.72. The van der Waals surface area contributed by atoms with Gasteiger partial charge in [0.1, 0.15) is 5.50 Å². The lowest BCUT2D eigenvalue weighted by atomic mass is 10.3. The molecule has 54 valence electrons. The summed E-state index contributed by atoms with van der Waals surface area (Å²) in [4.78, 5) is 0. The smallest absolute Gasteiger partial charge is 0.101 e. The number of nitrogens with two attached hydrogens (primary N) is 1. The van der Waals surface area contributed by atoms with Gasteiger partial charge in [-0.2, -0.15) is 0 Å². The van der Waals surface area contributed by atoms with E-state index < -0.39 is 0 Å². The van der Waals surface area contributed by atoms with E-state index in [1.54, 1.807) is 0 Å². The highest BCUT2D eigenvalue weighted by Crippen LogP contribution is 2.23. The van der Waals surface area contributed by atoms with Crippen LogP contribution < -0.4 is 11.1 Å². The van der Waals surface area contributed by atoms with Crippen molar-refractivity contribution in [3.8, 4) is 0 Å². The predicted molar refractivity (Wildman–Crippen MR) is 45.6 cm³/mol. The lowest BCUT2D eigenvalue weighted by Gasteiger charge is -2.12. The molecule has 1 aliphatic rings. The fourth-order valence-corrected chi connectivity index (χ4v) is 2.37. The minimum atomic E-state index is -0.152. The Labute approximate surface area is 65.4 Å². The standard InChI is InChI=1S/C5H12N2S2/c6-5(8)7-4-2-1-3-9-4/h4-5,7-8H,1-3,6H2. The molecule has 0 aromatic heterocycles. The number of rotatable bonds is 2. The number of hydrogen-bond acceptors (Lipinski definition) is 4. The first-order valence-electron chi connectivity index (χ1n) is 3.10. The lowest BCUT2D eigenvalue weighted by molar-refractivity contribution is 0.611. The average Bonchev–Trinajstić information content (AvgIpc) is 2.15. The van der Waals surface area contributed by atoms with Gasteiger partial charge in [-0.3, -0.25) is 5.32 Å². The molecular weight excluding hydrogens is 152 g/mol. The molecule has 9 heavy (non-hydrogen) atoms. The summed E-state index contributed by atoms with van der Waals surface area (Å²) >= 11 is 5.96. The van der Waals surface area contributed by atoms with Gasteiger partial charge in [0.2, 0.25) is 0 Å². The molecule has 1 aliphatic heterocycles. The van der Waals surface area contributed by atoms with Gasteiger partial charge in [0.05, 0.1) is 5.37 Å². The zero-order valence-corrected chi connectivity index (χ0v) is 6.92. The van der Waals surface area contributed by atoms with E-state index in [4.69, 9.17) is 5.73 Å². The molecule has 4 heteroatoms. The van der Waals surface area contributed by atoms with E-state index in [1.807, 2.05) is 11.8 Å². The number of nitrogens with one attached hydrogen (secondary N) is 1. The third kappa shape index (κ3) is 2.80. The van der Waals surface area contributed by atoms with Crippen molar-refractivity contribution in [2.75, 3.05) is 5.75 Å². The molecule has 0 aromatic carbocycles. The van der Waals surface area contributed by atoms with Crippen LogP contribution in [0.5, 0.6) is 0 Å². The summed E-state index contributed by atoms with van der Waals surface area (Å²) in [5, 5.41) is 3.70. The van der Waals surface area contributed by atoms with Gasteiger partial charge in [0.15, 0.2) is 0 Å². The monoisotopic (exact) mass is 164 g/mol. The highest BCUT2D eigenvalue weighted by Gasteiger charge is 2.15. The SMILES string of the molecule is NC(S)NC1CCCS1. The Kier molecular flexibility index (Phi) is 3.18. The maximum absolute atomic E-state index is 5.41. The fraction of sp³-hybridized carbons (Fsp3) is 1.00. The Bertz CT molecular complexity index is 81.0. The van der Waals surface area contributed by atoms with Gasteiger partial charge in [0.25, 0.3) is 0 Å². The maximum Gasteiger partial charge on any atom is 0.101 e. The van der Waals surface area contributed by atoms with E-state index in [1.165, 1.54) is 18.6 Å². The van der Waals surface area contributed by atoms with Crippen LogP contribution in [0.15, 0.2) is 0 Å². The second-order valence-corrected chi connectivity index (χ2v) is 3.98. The molecule has 3 N–H and O–H groups in total. The Hall–Kier alpha value is 0.620. The molecule has 0 aliphatic carbocycles. The van der Waals surface area contributed by atoms with E-state index in [9.17, 15) is 0 Å². The molecule has 0 spiro atoms. The molecule has 1 saturated heterocycles. The van der Waals surface area contributed by atoms with Crippen LogP contribution in [0.1, 0.15) is 12.8 Å². The second-order valence-electron chi connectivity index (χ2n) is 2.11. The molecular formula is C5H12N2S2. The van der Waals surface area contributed by atoms with Crippen LogP contribution in [0.3, 0.4) is 0 Å². The van der Waals surface area contributed by atoms with Crippen molar-refractivity contribution in [2.24, 2.45) is 5.73 Å². The molecule has 2 nitrogen and oxygen atoms in total. The summed E-state index contributed by atoms with van der Waals surface area (Å²) in [5.74, 6) is 1.26. The lowest BCUT2D eigenvalue weighted by Crippen LogP contribution is -2.37. The van der Waals surface area contributed by atoms with Gasteiger partial charge in [-0.1, -0.05) is 0 Å². The molecule has 0 bridgehead atoms. The molecule has 1 fully saturated rings. The Balaban J connectivity index is 2.11. The van der Waals surface area contributed by atoms with Crippen LogP contribution in [-0.4, -0.2) is 16.6 Å². The van der Waals surface area contributed by atoms with E-state index >= 15 is 0 Å². The number of hydrogen-bond donors (Lipinski definition) is 3. The van der Waals surface area contributed by atoms with E-state index in [0.29, 0.717) is 5.37 Å². The highest BCUT2D eigenvalue weighted by molar-refractivity contribution is 8.00. The Morgan fingerprint density at radius 2 is 2.56 bits per heavy atom. The van der Waals surface area contributed by atoms with Crippen LogP contribution >= 0.6 is 24.4 Å². The molecule has 2 unspecified atom stereocenters. The van der Waals surface area contributed by atoms with Crippen LogP contribution in [0.4, 0.5) is 0 Å². The van der Waals surface area contributed by atoms with Crippen molar-refractivity contribution in [3.63, 3.8) is 0 Å². The van der Waals surface area contributed by atoms with Gasteiger partial charge in [0, 0.05) is 0 Å². The predicted octanol–water partition coefficient (Wildman–Crippen LogP) is 0.601. The minimum absolute atomic E-state index is 0.152. The van der Waals surface area contributed by atoms with Gasteiger partial charge in [-0.05, 0) is 18.6 Å². The number of thiol groups is 1. The van der Waals surface area contributed by atoms with Crippen LogP contribution in [-0.2, 0) is 0 Å². The average molecular weight is 164 g/mol. The highest BCUT2D eigenvalue weighted by atomic mass is 32.2. The summed E-state index contributed by atoms with van der Waals surface area (Å²) in [5.41, 5.74) is 5.26. The quantitative estimate of drug-likeness (QED) is 0.413. The molecule has 0 saturated carbocycles. The summed E-state index contributed by atoms with van der Waals surface area (Å²) in [6.07, 6.45) is 2.54. The first-order valence-corrected chi connectivity index (χ1v) is 4.67. The summed E-state index contributed by atoms with van der Waals surface area (Å²) in [6, 6.07) is 0. The molecule has 0 amide bonds. The second kappa shape index (κ2) is 3.71. The van der Waals surface area contributed by atoms with E-state index in [0.717, 1.165) is 0 Å². The van der Waals surface area contributed by atoms with Gasteiger partial charge < -0.3 is 5.73 Å². The van der Waals surface area contributed by atoms with Gasteiger partial charge >= 0.3 is 0 Å². The summed E-state index contributed by atoms with van der Waals surface area (Å²) in [6.45, 7) is 0. The zero-order valence-electron chi connectivity index (χ0n) is 5.21. The molecule has 2 atom stereocenters. The number of thioether (sulfide) groups is 1.